The largest absolute Gasteiger partial charge is 0.382 e. The van der Waals surface area contributed by atoms with E-state index in [9.17, 15) is 0 Å². The van der Waals surface area contributed by atoms with Crippen LogP contribution in [0.4, 0.5) is 11.6 Å². The number of nitrogens with one attached hydrogen (secondary N) is 1. The fraction of sp³-hybridized carbons (Fsp3) is 0.240. The molecule has 0 saturated carbocycles. The predicted molar refractivity (Wildman–Crippen MR) is 134 cm³/mol. The lowest BCUT2D eigenvalue weighted by atomic mass is 10.1. The molecule has 0 aliphatic heterocycles. The highest BCUT2D eigenvalue weighted by atomic mass is 15.3. The molecule has 5 rings (SSSR count). The van der Waals surface area contributed by atoms with Gasteiger partial charge in [0.2, 0.25) is 0 Å². The van der Waals surface area contributed by atoms with Crippen molar-refractivity contribution in [1.82, 2.24) is 34.5 Å². The molecule has 0 amide bonds. The summed E-state index contributed by atoms with van der Waals surface area (Å²) in [6.45, 7) is 6.77. The average Bonchev–Trinajstić information content (AvgIpc) is 3.49. The molecule has 0 saturated heterocycles. The highest BCUT2D eigenvalue weighted by Gasteiger charge is 2.17. The monoisotopic (exact) mass is 453 g/mol. The van der Waals surface area contributed by atoms with Crippen LogP contribution in [0.2, 0.25) is 0 Å². The molecule has 4 heterocycles. The molecule has 0 spiro atoms. The number of hydrogen-bond acceptors (Lipinski definition) is 7. The molecule has 0 unspecified atom stereocenters. The van der Waals surface area contributed by atoms with Gasteiger partial charge in [-0.25, -0.2) is 14.6 Å². The van der Waals surface area contributed by atoms with Crippen molar-refractivity contribution in [3.05, 3.63) is 72.4 Å². The summed E-state index contributed by atoms with van der Waals surface area (Å²) in [6, 6.07) is 14.3. The first-order chi connectivity index (χ1) is 16.5. The number of pyridine rings is 1. The first kappa shape index (κ1) is 21.6. The number of fused-ring (bicyclic) bond motifs is 1. The third-order valence-electron chi connectivity index (χ3n) is 5.60. The van der Waals surface area contributed by atoms with Crippen LogP contribution in [-0.2, 0) is 6.42 Å². The molecule has 0 bridgehead atoms. The van der Waals surface area contributed by atoms with E-state index in [1.807, 2.05) is 60.4 Å². The summed E-state index contributed by atoms with van der Waals surface area (Å²) in [5.41, 5.74) is 10.6. The van der Waals surface area contributed by atoms with Crippen LogP contribution < -0.4 is 11.1 Å². The van der Waals surface area contributed by atoms with Crippen LogP contribution in [0, 0.1) is 6.92 Å². The van der Waals surface area contributed by atoms with Gasteiger partial charge in [0.15, 0.2) is 5.82 Å². The molecule has 0 aliphatic rings. The fourth-order valence-electron chi connectivity index (χ4n) is 3.80. The zero-order valence-electron chi connectivity index (χ0n) is 19.5. The van der Waals surface area contributed by atoms with Gasteiger partial charge in [0, 0.05) is 54.6 Å². The highest BCUT2D eigenvalue weighted by molar-refractivity contribution is 5.85. The Hall–Kier alpha value is -4.27. The Labute approximate surface area is 197 Å². The molecule has 172 valence electrons. The van der Waals surface area contributed by atoms with E-state index in [2.05, 4.69) is 40.4 Å². The molecule has 34 heavy (non-hydrogen) atoms. The van der Waals surface area contributed by atoms with E-state index in [0.29, 0.717) is 30.6 Å². The van der Waals surface area contributed by atoms with E-state index >= 15 is 0 Å². The Balaban J connectivity index is 1.49. The maximum absolute atomic E-state index is 6.35. The lowest BCUT2D eigenvalue weighted by Gasteiger charge is -2.13. The second kappa shape index (κ2) is 8.93. The molecule has 0 aliphatic carbocycles. The van der Waals surface area contributed by atoms with Crippen molar-refractivity contribution >= 4 is 22.5 Å². The maximum atomic E-state index is 6.35. The second-order valence-corrected chi connectivity index (χ2v) is 8.49. The average molecular weight is 454 g/mol. The zero-order valence-corrected chi connectivity index (χ0v) is 19.5. The Morgan fingerprint density at radius 2 is 1.91 bits per heavy atom. The van der Waals surface area contributed by atoms with Crippen molar-refractivity contribution < 1.29 is 0 Å². The first-order valence-corrected chi connectivity index (χ1v) is 11.3. The third-order valence-corrected chi connectivity index (χ3v) is 5.60. The minimum atomic E-state index is 0.315. The Kier molecular flexibility index (Phi) is 5.67. The smallest absolute Gasteiger partial charge is 0.182 e. The van der Waals surface area contributed by atoms with Crippen LogP contribution in [0.3, 0.4) is 0 Å². The van der Waals surface area contributed by atoms with Gasteiger partial charge in [-0.15, -0.1) is 0 Å². The number of nitrogens with two attached hydrogens (primary N) is 1. The molecule has 9 heteroatoms. The predicted octanol–water partition coefficient (Wildman–Crippen LogP) is 4.20. The fourth-order valence-corrected chi connectivity index (χ4v) is 3.80. The molecule has 3 N–H and O–H groups in total. The minimum absolute atomic E-state index is 0.315. The van der Waals surface area contributed by atoms with Gasteiger partial charge in [-0.3, -0.25) is 9.67 Å². The lowest BCUT2D eigenvalue weighted by Crippen LogP contribution is -2.13. The number of rotatable bonds is 7. The number of aryl methyl sites for hydroxylation is 1. The summed E-state index contributed by atoms with van der Waals surface area (Å²) in [7, 11) is 0. The van der Waals surface area contributed by atoms with Gasteiger partial charge in [0.1, 0.15) is 17.3 Å². The van der Waals surface area contributed by atoms with E-state index in [1.54, 1.807) is 10.9 Å². The molecule has 0 fully saturated rings. The molecule has 1 aromatic carbocycles. The summed E-state index contributed by atoms with van der Waals surface area (Å²) in [5, 5.41) is 13.5. The lowest BCUT2D eigenvalue weighted by molar-refractivity contribution is 0.534. The minimum Gasteiger partial charge on any atom is -0.382 e. The van der Waals surface area contributed by atoms with Crippen molar-refractivity contribution in [2.24, 2.45) is 0 Å². The molecule has 5 aromatic rings. The van der Waals surface area contributed by atoms with Crippen molar-refractivity contribution in [3.63, 3.8) is 0 Å². The molecule has 9 nitrogen and oxygen atoms in total. The van der Waals surface area contributed by atoms with Gasteiger partial charge >= 0.3 is 0 Å². The Bertz CT molecular complexity index is 1450. The Morgan fingerprint density at radius 1 is 1.03 bits per heavy atom. The second-order valence-electron chi connectivity index (χ2n) is 8.49. The van der Waals surface area contributed by atoms with Crippen molar-refractivity contribution in [3.8, 4) is 17.1 Å². The van der Waals surface area contributed by atoms with Crippen LogP contribution in [0.15, 0.2) is 61.1 Å². The zero-order chi connectivity index (χ0) is 23.7. The van der Waals surface area contributed by atoms with Gasteiger partial charge < -0.3 is 11.1 Å². The van der Waals surface area contributed by atoms with Crippen LogP contribution in [0.1, 0.15) is 31.3 Å². The molecule has 0 radical (unpaired) electrons. The Morgan fingerprint density at radius 3 is 2.68 bits per heavy atom. The van der Waals surface area contributed by atoms with Crippen molar-refractivity contribution in [2.45, 2.75) is 33.2 Å². The van der Waals surface area contributed by atoms with Gasteiger partial charge in [-0.1, -0.05) is 12.1 Å². The summed E-state index contributed by atoms with van der Waals surface area (Å²) in [6.07, 6.45) is 6.23. The van der Waals surface area contributed by atoms with Gasteiger partial charge in [-0.05, 0) is 45.0 Å². The number of aromatic nitrogens is 7. The van der Waals surface area contributed by atoms with E-state index in [-0.39, 0.29) is 0 Å². The van der Waals surface area contributed by atoms with E-state index in [0.717, 1.165) is 39.4 Å². The number of anilines is 2. The van der Waals surface area contributed by atoms with Crippen molar-refractivity contribution in [2.75, 3.05) is 17.6 Å². The van der Waals surface area contributed by atoms with Gasteiger partial charge in [0.05, 0.1) is 16.9 Å². The van der Waals surface area contributed by atoms with Gasteiger partial charge in [-0.2, -0.15) is 10.2 Å². The maximum Gasteiger partial charge on any atom is 0.182 e. The standard InChI is InChI=1S/C25H27N9/c1-16(2)33-14-10-22(32-33)28-12-8-21-24(26)30-25(34-13-9-17(3)31-34)23(29-21)19-6-7-20-18(15-19)5-4-11-27-20/h4-7,9-11,13-16H,8,12H2,1-3H3,(H2,26,30)(H,28,32). The third kappa shape index (κ3) is 4.32. The van der Waals surface area contributed by atoms with Crippen LogP contribution in [-0.4, -0.2) is 41.1 Å². The summed E-state index contributed by atoms with van der Waals surface area (Å²) >= 11 is 0. The van der Waals surface area contributed by atoms with Crippen LogP contribution in [0.25, 0.3) is 28.0 Å². The van der Waals surface area contributed by atoms with Crippen molar-refractivity contribution in [1.29, 1.82) is 0 Å². The summed E-state index contributed by atoms with van der Waals surface area (Å²) < 4.78 is 3.64. The van der Waals surface area contributed by atoms with E-state index < -0.39 is 0 Å². The van der Waals surface area contributed by atoms with E-state index in [4.69, 9.17) is 15.7 Å². The highest BCUT2D eigenvalue weighted by Crippen LogP contribution is 2.28. The SMILES string of the molecule is Cc1ccn(-c2nc(N)c(CCNc3ccn(C(C)C)n3)nc2-c2ccc3ncccc3c2)n1. The number of nitrogens with zero attached hydrogens (tertiary/aromatic N) is 7. The topological polar surface area (TPSA) is 112 Å². The quantitative estimate of drug-likeness (QED) is 0.380. The molecular weight excluding hydrogens is 426 g/mol. The first-order valence-electron chi connectivity index (χ1n) is 11.3. The van der Waals surface area contributed by atoms with E-state index in [1.165, 1.54) is 0 Å². The van der Waals surface area contributed by atoms with Gasteiger partial charge in [0.25, 0.3) is 0 Å². The molecule has 4 aromatic heterocycles. The van der Waals surface area contributed by atoms with Crippen LogP contribution in [0.5, 0.6) is 0 Å². The molecule has 0 atom stereocenters. The number of hydrogen-bond donors (Lipinski definition) is 2. The summed E-state index contributed by atoms with van der Waals surface area (Å²) in [5.74, 6) is 1.82. The molecular formula is C25H27N9. The number of nitrogen functional groups attached to an aromatic ring is 1. The normalized spacial score (nSPS) is 11.4. The van der Waals surface area contributed by atoms with Crippen LogP contribution >= 0.6 is 0 Å². The summed E-state index contributed by atoms with van der Waals surface area (Å²) in [4.78, 5) is 14.1. The number of benzene rings is 1.